The molecule has 6 nitrogen and oxygen atoms in total. The molecule has 0 amide bonds. The normalized spacial score (nSPS) is 11.0. The molecule has 0 aliphatic rings. The van der Waals surface area contributed by atoms with Gasteiger partial charge in [-0.25, -0.2) is 0 Å². The van der Waals surface area contributed by atoms with Crippen molar-refractivity contribution in [3.63, 3.8) is 0 Å². The fourth-order valence-corrected chi connectivity index (χ4v) is 2.30. The van der Waals surface area contributed by atoms with Crippen LogP contribution in [0.1, 0.15) is 17.0 Å². The van der Waals surface area contributed by atoms with E-state index in [2.05, 4.69) is 0 Å². The van der Waals surface area contributed by atoms with E-state index in [0.717, 1.165) is 11.4 Å². The van der Waals surface area contributed by atoms with Crippen molar-refractivity contribution in [1.82, 2.24) is 4.57 Å². The third-order valence-corrected chi connectivity index (χ3v) is 3.79. The number of methoxy groups -OCH3 is 2. The zero-order valence-electron chi connectivity index (χ0n) is 14.0. The molecule has 122 valence electrons. The lowest BCUT2D eigenvalue weighted by atomic mass is 10.1. The molecule has 0 saturated heterocycles. The van der Waals surface area contributed by atoms with Gasteiger partial charge >= 0.3 is 5.69 Å². The molecule has 1 N–H and O–H groups in total. The predicted molar refractivity (Wildman–Crippen MR) is 87.7 cm³/mol. The third-order valence-electron chi connectivity index (χ3n) is 3.79. The first kappa shape index (κ1) is 16.6. The van der Waals surface area contributed by atoms with Gasteiger partial charge in [0.2, 0.25) is 0 Å². The molecule has 0 saturated carbocycles. The number of aromatic hydroxyl groups is 1. The van der Waals surface area contributed by atoms with E-state index in [1.165, 1.54) is 20.3 Å². The fourth-order valence-electron chi connectivity index (χ4n) is 2.30. The summed E-state index contributed by atoms with van der Waals surface area (Å²) in [7, 11) is 6.45. The highest BCUT2D eigenvalue weighted by molar-refractivity contribution is 5.73. The lowest BCUT2D eigenvalue weighted by Crippen LogP contribution is -2.53. The van der Waals surface area contributed by atoms with Gasteiger partial charge in [0, 0.05) is 17.7 Å². The molecule has 2 aromatic rings. The van der Waals surface area contributed by atoms with Crippen LogP contribution in [0.3, 0.4) is 0 Å². The van der Waals surface area contributed by atoms with Crippen LogP contribution in [0.4, 0.5) is 0 Å². The smallest absolute Gasteiger partial charge is 0.498 e. The second kappa shape index (κ2) is 6.56. The summed E-state index contributed by atoms with van der Waals surface area (Å²) in [5.41, 5.74) is 2.15. The Hall–Kier alpha value is -2.76. The van der Waals surface area contributed by atoms with E-state index in [1.807, 2.05) is 13.0 Å². The number of aromatic nitrogens is 2. The van der Waals surface area contributed by atoms with Crippen LogP contribution in [0.2, 0.25) is 0 Å². The molecule has 0 unspecified atom stereocenters. The standard InChI is InChI=1S/C17H20N2O4/c1-11-8-13(19(3)17(21)18(11)2)7-6-12-9-14(22-4)10-15(20)16(12)23-5/h6-10H,1-5H3/p+1/b7-6+. The Labute approximate surface area is 134 Å². The molecule has 1 aromatic carbocycles. The van der Waals surface area contributed by atoms with Crippen LogP contribution in [0.5, 0.6) is 17.2 Å². The zero-order valence-corrected chi connectivity index (χ0v) is 14.0. The molecule has 2 rings (SSSR count). The van der Waals surface area contributed by atoms with Gasteiger partial charge in [-0.05, 0) is 25.1 Å². The Kier molecular flexibility index (Phi) is 4.74. The van der Waals surface area contributed by atoms with Crippen molar-refractivity contribution in [1.29, 1.82) is 0 Å². The first-order chi connectivity index (χ1) is 10.9. The van der Waals surface area contributed by atoms with Crippen LogP contribution in [-0.4, -0.2) is 23.9 Å². The van der Waals surface area contributed by atoms with Gasteiger partial charge in [0.1, 0.15) is 17.1 Å². The lowest BCUT2D eigenvalue weighted by molar-refractivity contribution is -0.692. The molecular weight excluding hydrogens is 296 g/mol. The minimum absolute atomic E-state index is 0.00367. The van der Waals surface area contributed by atoms with Crippen molar-refractivity contribution < 1.29 is 19.1 Å². The van der Waals surface area contributed by atoms with Crippen LogP contribution < -0.4 is 19.7 Å². The van der Waals surface area contributed by atoms with Crippen LogP contribution >= 0.6 is 0 Å². The van der Waals surface area contributed by atoms with Crippen LogP contribution in [0.25, 0.3) is 12.2 Å². The highest BCUT2D eigenvalue weighted by atomic mass is 16.5. The van der Waals surface area contributed by atoms with Gasteiger partial charge in [0.25, 0.3) is 0 Å². The number of nitrogens with zero attached hydrogens (tertiary/aromatic N) is 2. The van der Waals surface area contributed by atoms with Crippen LogP contribution in [0.15, 0.2) is 23.0 Å². The fraction of sp³-hybridized carbons (Fsp3) is 0.294. The summed E-state index contributed by atoms with van der Waals surface area (Å²) in [4.78, 5) is 12.1. The van der Waals surface area contributed by atoms with Gasteiger partial charge in [0.05, 0.1) is 28.3 Å². The minimum atomic E-state index is -0.106. The maximum atomic E-state index is 12.1. The Morgan fingerprint density at radius 3 is 2.48 bits per heavy atom. The Balaban J connectivity index is 2.53. The lowest BCUT2D eigenvalue weighted by Gasteiger charge is -2.10. The summed E-state index contributed by atoms with van der Waals surface area (Å²) in [6, 6.07) is 5.14. The van der Waals surface area contributed by atoms with E-state index in [1.54, 1.807) is 41.4 Å². The van der Waals surface area contributed by atoms with Crippen molar-refractivity contribution in [2.75, 3.05) is 14.2 Å². The molecule has 1 heterocycles. The first-order valence-corrected chi connectivity index (χ1v) is 7.08. The maximum Gasteiger partial charge on any atom is 0.498 e. The first-order valence-electron chi connectivity index (χ1n) is 7.08. The quantitative estimate of drug-likeness (QED) is 0.866. The molecule has 0 spiro atoms. The number of hydrogen-bond acceptors (Lipinski definition) is 4. The molecule has 0 atom stereocenters. The van der Waals surface area contributed by atoms with Gasteiger partial charge in [-0.1, -0.05) is 0 Å². The summed E-state index contributed by atoms with van der Waals surface area (Å²) < 4.78 is 13.5. The van der Waals surface area contributed by atoms with Gasteiger partial charge in [0.15, 0.2) is 11.5 Å². The number of rotatable bonds is 4. The van der Waals surface area contributed by atoms with Crippen LogP contribution in [0, 0.1) is 6.92 Å². The zero-order chi connectivity index (χ0) is 17.1. The summed E-state index contributed by atoms with van der Waals surface area (Å²) in [5.74, 6) is 0.869. The number of benzene rings is 1. The highest BCUT2D eigenvalue weighted by Crippen LogP contribution is 2.35. The monoisotopic (exact) mass is 317 g/mol. The summed E-state index contributed by atoms with van der Waals surface area (Å²) in [6.45, 7) is 1.87. The van der Waals surface area contributed by atoms with Crippen molar-refractivity contribution in [3.8, 4) is 17.2 Å². The molecule has 1 aromatic heterocycles. The van der Waals surface area contributed by atoms with Gasteiger partial charge in [-0.3, -0.25) is 0 Å². The summed E-state index contributed by atoms with van der Waals surface area (Å²) in [6.07, 6.45) is 3.57. The van der Waals surface area contributed by atoms with E-state index in [9.17, 15) is 9.90 Å². The summed E-state index contributed by atoms with van der Waals surface area (Å²) >= 11 is 0. The van der Waals surface area contributed by atoms with Crippen molar-refractivity contribution in [2.24, 2.45) is 14.1 Å². The highest BCUT2D eigenvalue weighted by Gasteiger charge is 2.13. The second-order valence-corrected chi connectivity index (χ2v) is 5.21. The average molecular weight is 317 g/mol. The molecule has 0 aliphatic carbocycles. The summed E-state index contributed by atoms with van der Waals surface area (Å²) in [5, 5.41) is 9.98. The van der Waals surface area contributed by atoms with Crippen molar-refractivity contribution in [2.45, 2.75) is 6.92 Å². The van der Waals surface area contributed by atoms with Crippen LogP contribution in [-0.2, 0) is 14.1 Å². The predicted octanol–water partition coefficient (Wildman–Crippen LogP) is 1.41. The number of hydrogen-bond donors (Lipinski definition) is 1. The van der Waals surface area contributed by atoms with E-state index in [0.29, 0.717) is 17.1 Å². The molecule has 0 aliphatic heterocycles. The van der Waals surface area contributed by atoms with Gasteiger partial charge in [-0.2, -0.15) is 13.9 Å². The Morgan fingerprint density at radius 2 is 1.87 bits per heavy atom. The largest absolute Gasteiger partial charge is 0.504 e. The molecule has 0 bridgehead atoms. The number of phenolic OH excluding ortho intramolecular Hbond substituents is 1. The topological polar surface area (TPSA) is 64.6 Å². The molecule has 0 radical (unpaired) electrons. The molecular formula is C17H21N2O4+. The SMILES string of the molecule is COc1cc(O)c(OC)c(/C=C/c2cc(C)n(C)c(=O)[n+]2C)c1. The third kappa shape index (κ3) is 3.21. The van der Waals surface area contributed by atoms with Gasteiger partial charge in [-0.15, -0.1) is 0 Å². The molecule has 6 heteroatoms. The second-order valence-electron chi connectivity index (χ2n) is 5.21. The van der Waals surface area contributed by atoms with E-state index >= 15 is 0 Å². The Morgan fingerprint density at radius 1 is 1.17 bits per heavy atom. The van der Waals surface area contributed by atoms with Crippen molar-refractivity contribution >= 4 is 12.2 Å². The van der Waals surface area contributed by atoms with E-state index in [-0.39, 0.29) is 11.4 Å². The average Bonchev–Trinajstić information content (AvgIpc) is 2.54. The molecule has 23 heavy (non-hydrogen) atoms. The van der Waals surface area contributed by atoms with Crippen molar-refractivity contribution in [3.05, 3.63) is 45.6 Å². The number of ether oxygens (including phenoxy) is 2. The Bertz CT molecular complexity index is 822. The number of phenols is 1. The van der Waals surface area contributed by atoms with E-state index in [4.69, 9.17) is 9.47 Å². The maximum absolute atomic E-state index is 12.1. The number of aryl methyl sites for hydroxylation is 1. The minimum Gasteiger partial charge on any atom is -0.504 e. The molecule has 0 fully saturated rings. The van der Waals surface area contributed by atoms with E-state index < -0.39 is 0 Å². The van der Waals surface area contributed by atoms with Gasteiger partial charge < -0.3 is 14.6 Å².